The summed E-state index contributed by atoms with van der Waals surface area (Å²) in [4.78, 5) is 12.7. The van der Waals surface area contributed by atoms with Crippen molar-refractivity contribution in [3.63, 3.8) is 0 Å². The highest BCUT2D eigenvalue weighted by Gasteiger charge is 2.19. The van der Waals surface area contributed by atoms with Crippen molar-refractivity contribution in [3.8, 4) is 22.4 Å². The summed E-state index contributed by atoms with van der Waals surface area (Å²) >= 11 is 1.63. The third kappa shape index (κ3) is 2.83. The Balaban J connectivity index is 1.76. The van der Waals surface area contributed by atoms with Crippen LogP contribution in [-0.2, 0) is 9.84 Å². The van der Waals surface area contributed by atoms with Gasteiger partial charge in [-0.15, -0.1) is 0 Å². The summed E-state index contributed by atoms with van der Waals surface area (Å²) in [6, 6.07) is 8.87. The van der Waals surface area contributed by atoms with E-state index in [0.717, 1.165) is 27.9 Å². The standard InChI is InChI=1S/C19H17N3O2S2/c1-12(2)26(23,24)15-5-3-13(4-6-15)17-10-21-19-18(22-17)16(9-20-19)14-7-8-25-11-14/h3-12H,1-2H3,(H,20,21). The van der Waals surface area contributed by atoms with Crippen molar-refractivity contribution in [2.75, 3.05) is 0 Å². The highest BCUT2D eigenvalue weighted by Crippen LogP contribution is 2.30. The Morgan fingerprint density at radius 1 is 1.08 bits per heavy atom. The number of nitrogens with zero attached hydrogens (tertiary/aromatic N) is 2. The molecule has 0 saturated carbocycles. The molecule has 0 aliphatic carbocycles. The van der Waals surface area contributed by atoms with Crippen LogP contribution >= 0.6 is 11.3 Å². The number of nitrogens with one attached hydrogen (secondary N) is 1. The molecular formula is C19H17N3O2S2. The average molecular weight is 383 g/mol. The highest BCUT2D eigenvalue weighted by atomic mass is 32.2. The van der Waals surface area contributed by atoms with Gasteiger partial charge in [0.2, 0.25) is 0 Å². The van der Waals surface area contributed by atoms with Gasteiger partial charge in [0.1, 0.15) is 5.52 Å². The highest BCUT2D eigenvalue weighted by molar-refractivity contribution is 7.92. The van der Waals surface area contributed by atoms with Crippen molar-refractivity contribution in [3.05, 3.63) is 53.5 Å². The van der Waals surface area contributed by atoms with Gasteiger partial charge in [0.15, 0.2) is 15.5 Å². The summed E-state index contributed by atoms with van der Waals surface area (Å²) in [5, 5.41) is 3.65. The second kappa shape index (κ2) is 6.34. The topological polar surface area (TPSA) is 75.7 Å². The number of sulfone groups is 1. The van der Waals surface area contributed by atoms with Gasteiger partial charge < -0.3 is 4.98 Å². The molecule has 0 spiro atoms. The lowest BCUT2D eigenvalue weighted by atomic mass is 10.1. The van der Waals surface area contributed by atoms with Crippen LogP contribution < -0.4 is 0 Å². The largest absolute Gasteiger partial charge is 0.344 e. The van der Waals surface area contributed by atoms with Crippen molar-refractivity contribution in [2.24, 2.45) is 0 Å². The lowest BCUT2D eigenvalue weighted by Crippen LogP contribution is -2.13. The second-order valence-electron chi connectivity index (χ2n) is 6.28. The minimum absolute atomic E-state index is 0.325. The number of hydrogen-bond acceptors (Lipinski definition) is 5. The molecule has 0 aliphatic heterocycles. The normalized spacial score (nSPS) is 12.1. The Morgan fingerprint density at radius 2 is 1.85 bits per heavy atom. The van der Waals surface area contributed by atoms with Crippen LogP contribution in [0.4, 0.5) is 0 Å². The molecule has 1 N–H and O–H groups in total. The van der Waals surface area contributed by atoms with Gasteiger partial charge in [-0.05, 0) is 48.4 Å². The molecule has 132 valence electrons. The van der Waals surface area contributed by atoms with E-state index < -0.39 is 15.1 Å². The Kier molecular flexibility index (Phi) is 4.13. The molecule has 7 heteroatoms. The number of fused-ring (bicyclic) bond motifs is 1. The lowest BCUT2D eigenvalue weighted by Gasteiger charge is -2.08. The van der Waals surface area contributed by atoms with Gasteiger partial charge in [0, 0.05) is 17.3 Å². The second-order valence-corrected chi connectivity index (χ2v) is 9.57. The van der Waals surface area contributed by atoms with Crippen LogP contribution in [0.3, 0.4) is 0 Å². The fraction of sp³-hybridized carbons (Fsp3) is 0.158. The quantitative estimate of drug-likeness (QED) is 0.561. The third-order valence-corrected chi connectivity index (χ3v) is 7.17. The summed E-state index contributed by atoms with van der Waals surface area (Å²) in [7, 11) is -3.28. The maximum absolute atomic E-state index is 12.3. The van der Waals surface area contributed by atoms with E-state index >= 15 is 0 Å². The maximum atomic E-state index is 12.3. The number of thiophene rings is 1. The Labute approximate surface area is 155 Å². The van der Waals surface area contributed by atoms with Crippen molar-refractivity contribution in [1.29, 1.82) is 0 Å². The minimum atomic E-state index is -3.28. The molecule has 0 atom stereocenters. The molecule has 5 nitrogen and oxygen atoms in total. The van der Waals surface area contributed by atoms with Gasteiger partial charge >= 0.3 is 0 Å². The molecule has 4 rings (SSSR count). The average Bonchev–Trinajstić information content (AvgIpc) is 3.30. The smallest absolute Gasteiger partial charge is 0.180 e. The van der Waals surface area contributed by atoms with Gasteiger partial charge in [-0.1, -0.05) is 12.1 Å². The molecule has 0 unspecified atom stereocenters. The summed E-state index contributed by atoms with van der Waals surface area (Å²) in [5.74, 6) is 0. The lowest BCUT2D eigenvalue weighted by molar-refractivity contribution is 0.587. The molecule has 3 heterocycles. The molecule has 0 bridgehead atoms. The van der Waals surface area contributed by atoms with E-state index in [4.69, 9.17) is 4.98 Å². The summed E-state index contributed by atoms with van der Waals surface area (Å²) in [6.07, 6.45) is 3.61. The van der Waals surface area contributed by atoms with Crippen LogP contribution in [0, 0.1) is 0 Å². The maximum Gasteiger partial charge on any atom is 0.180 e. The van der Waals surface area contributed by atoms with E-state index in [2.05, 4.69) is 15.3 Å². The molecule has 0 radical (unpaired) electrons. The van der Waals surface area contributed by atoms with E-state index in [9.17, 15) is 8.42 Å². The molecule has 0 amide bonds. The SMILES string of the molecule is CC(C)S(=O)(=O)c1ccc(-c2cnc3[nH]cc(-c4ccsc4)c3n2)cc1. The first kappa shape index (κ1) is 16.9. The van der Waals surface area contributed by atoms with E-state index in [1.807, 2.05) is 17.6 Å². The van der Waals surface area contributed by atoms with Crippen LogP contribution in [-0.4, -0.2) is 28.6 Å². The Bertz CT molecular complexity index is 1160. The molecular weight excluding hydrogens is 366 g/mol. The molecule has 26 heavy (non-hydrogen) atoms. The van der Waals surface area contributed by atoms with Gasteiger partial charge in [0.05, 0.1) is 22.0 Å². The molecule has 1 aromatic carbocycles. The number of aromatic nitrogens is 3. The zero-order valence-corrected chi connectivity index (χ0v) is 15.9. The Hall–Kier alpha value is -2.51. The van der Waals surface area contributed by atoms with Crippen LogP contribution in [0.1, 0.15) is 13.8 Å². The first-order valence-corrected chi connectivity index (χ1v) is 10.7. The molecule has 3 aromatic heterocycles. The van der Waals surface area contributed by atoms with Crippen LogP contribution in [0.25, 0.3) is 33.5 Å². The van der Waals surface area contributed by atoms with Crippen LogP contribution in [0.2, 0.25) is 0 Å². The summed E-state index contributed by atoms with van der Waals surface area (Å²) in [6.45, 7) is 3.36. The third-order valence-electron chi connectivity index (χ3n) is 4.31. The zero-order valence-electron chi connectivity index (χ0n) is 14.3. The van der Waals surface area contributed by atoms with Crippen molar-refractivity contribution in [1.82, 2.24) is 15.0 Å². The number of benzene rings is 1. The Morgan fingerprint density at radius 3 is 2.50 bits per heavy atom. The van der Waals surface area contributed by atoms with E-state index in [0.29, 0.717) is 10.6 Å². The number of rotatable bonds is 4. The monoisotopic (exact) mass is 383 g/mol. The van der Waals surface area contributed by atoms with E-state index in [1.54, 1.807) is 55.6 Å². The molecule has 0 fully saturated rings. The van der Waals surface area contributed by atoms with Crippen LogP contribution in [0.15, 0.2) is 58.4 Å². The fourth-order valence-electron chi connectivity index (χ4n) is 2.76. The van der Waals surface area contributed by atoms with Gasteiger partial charge in [-0.3, -0.25) is 0 Å². The van der Waals surface area contributed by atoms with Crippen molar-refractivity contribution < 1.29 is 8.42 Å². The molecule has 0 aliphatic rings. The summed E-state index contributed by atoms with van der Waals surface area (Å²) in [5.41, 5.74) is 5.19. The van der Waals surface area contributed by atoms with Crippen LogP contribution in [0.5, 0.6) is 0 Å². The summed E-state index contributed by atoms with van der Waals surface area (Å²) < 4.78 is 24.5. The van der Waals surface area contributed by atoms with Crippen molar-refractivity contribution in [2.45, 2.75) is 24.0 Å². The molecule has 0 saturated heterocycles. The fourth-order valence-corrected chi connectivity index (χ4v) is 4.47. The van der Waals surface area contributed by atoms with E-state index in [1.165, 1.54) is 0 Å². The van der Waals surface area contributed by atoms with Gasteiger partial charge in [-0.2, -0.15) is 11.3 Å². The minimum Gasteiger partial charge on any atom is -0.344 e. The first-order valence-electron chi connectivity index (χ1n) is 8.18. The number of hydrogen-bond donors (Lipinski definition) is 1. The van der Waals surface area contributed by atoms with E-state index in [-0.39, 0.29) is 0 Å². The first-order chi connectivity index (χ1) is 12.5. The number of aromatic amines is 1. The predicted octanol–water partition coefficient (Wildman–Crippen LogP) is 4.54. The number of H-pyrrole nitrogens is 1. The van der Waals surface area contributed by atoms with Gasteiger partial charge in [-0.25, -0.2) is 18.4 Å². The van der Waals surface area contributed by atoms with Crippen molar-refractivity contribution >= 4 is 32.3 Å². The van der Waals surface area contributed by atoms with Gasteiger partial charge in [0.25, 0.3) is 0 Å². The predicted molar refractivity (Wildman–Crippen MR) is 105 cm³/mol. The molecule has 4 aromatic rings. The zero-order chi connectivity index (χ0) is 18.3.